The Kier molecular flexibility index (Phi) is 2.96. The number of ether oxygens (including phenoxy) is 1. The molecule has 0 bridgehead atoms. The number of aryl methyl sites for hydroxylation is 1. The van der Waals surface area contributed by atoms with Crippen molar-refractivity contribution in [2.75, 3.05) is 6.61 Å². The van der Waals surface area contributed by atoms with Crippen LogP contribution in [0.4, 0.5) is 0 Å². The molecule has 1 aromatic heterocycles. The van der Waals surface area contributed by atoms with Gasteiger partial charge in [-0.15, -0.1) is 0 Å². The molecule has 106 valence electrons. The quantitative estimate of drug-likeness (QED) is 0.902. The molecule has 2 aromatic rings. The van der Waals surface area contributed by atoms with Gasteiger partial charge in [0.2, 0.25) is 0 Å². The van der Waals surface area contributed by atoms with Gasteiger partial charge >= 0.3 is 5.97 Å². The molecule has 1 aliphatic rings. The predicted octanol–water partition coefficient (Wildman–Crippen LogP) is 3.25. The molecule has 3 rings (SSSR count). The van der Waals surface area contributed by atoms with Crippen molar-refractivity contribution >= 4 is 16.9 Å². The molecule has 1 aromatic carbocycles. The van der Waals surface area contributed by atoms with Gasteiger partial charge < -0.3 is 14.8 Å². The van der Waals surface area contributed by atoms with Gasteiger partial charge in [0.1, 0.15) is 11.2 Å². The normalized spacial score (nSPS) is 21.7. The van der Waals surface area contributed by atoms with E-state index in [-0.39, 0.29) is 0 Å². The van der Waals surface area contributed by atoms with Gasteiger partial charge in [0.05, 0.1) is 6.61 Å². The summed E-state index contributed by atoms with van der Waals surface area (Å²) in [4.78, 5) is 15.0. The lowest BCUT2D eigenvalue weighted by atomic mass is 9.75. The monoisotopic (exact) mass is 273 g/mol. The highest BCUT2D eigenvalue weighted by Crippen LogP contribution is 2.41. The van der Waals surface area contributed by atoms with Crippen molar-refractivity contribution in [1.82, 2.24) is 4.98 Å². The summed E-state index contributed by atoms with van der Waals surface area (Å²) < 4.78 is 5.54. The van der Waals surface area contributed by atoms with E-state index in [1.165, 1.54) is 0 Å². The number of rotatable bonds is 3. The Morgan fingerprint density at radius 3 is 3.00 bits per heavy atom. The fraction of sp³-hybridized carbons (Fsp3) is 0.438. The number of fused-ring (bicyclic) bond motifs is 3. The molecule has 2 N–H and O–H groups in total. The van der Waals surface area contributed by atoms with Gasteiger partial charge in [-0.1, -0.05) is 0 Å². The Morgan fingerprint density at radius 2 is 2.30 bits per heavy atom. The van der Waals surface area contributed by atoms with Crippen molar-refractivity contribution in [3.8, 4) is 5.75 Å². The number of aromatic amines is 1. The van der Waals surface area contributed by atoms with E-state index < -0.39 is 11.4 Å². The number of aliphatic carboxylic acids is 1. The van der Waals surface area contributed by atoms with Crippen molar-refractivity contribution in [1.29, 1.82) is 0 Å². The van der Waals surface area contributed by atoms with Crippen LogP contribution >= 0.6 is 0 Å². The second kappa shape index (κ2) is 4.54. The summed E-state index contributed by atoms with van der Waals surface area (Å²) in [6, 6.07) is 5.91. The zero-order chi connectivity index (χ0) is 14.3. The summed E-state index contributed by atoms with van der Waals surface area (Å²) in [6.45, 7) is 4.40. The fourth-order valence-electron chi connectivity index (χ4n) is 3.17. The summed E-state index contributed by atoms with van der Waals surface area (Å²) in [7, 11) is 0. The molecule has 4 nitrogen and oxygen atoms in total. The van der Waals surface area contributed by atoms with Crippen LogP contribution in [0, 0.1) is 0 Å². The molecule has 0 fully saturated rings. The van der Waals surface area contributed by atoms with Gasteiger partial charge in [-0.2, -0.15) is 0 Å². The van der Waals surface area contributed by atoms with E-state index in [9.17, 15) is 9.90 Å². The summed E-state index contributed by atoms with van der Waals surface area (Å²) >= 11 is 0. The molecular formula is C16H19NO3. The number of benzene rings is 1. The number of aromatic nitrogens is 1. The largest absolute Gasteiger partial charge is 0.494 e. The third-order valence-electron chi connectivity index (χ3n) is 4.32. The first-order valence-corrected chi connectivity index (χ1v) is 7.07. The van der Waals surface area contributed by atoms with E-state index in [4.69, 9.17) is 4.74 Å². The maximum atomic E-state index is 11.6. The van der Waals surface area contributed by atoms with Crippen LogP contribution < -0.4 is 4.74 Å². The first kappa shape index (κ1) is 13.0. The molecular weight excluding hydrogens is 254 g/mol. The highest BCUT2D eigenvalue weighted by Gasteiger charge is 2.41. The number of carbonyl (C=O) groups is 1. The van der Waals surface area contributed by atoms with Crippen molar-refractivity contribution < 1.29 is 14.6 Å². The van der Waals surface area contributed by atoms with Gasteiger partial charge in [-0.25, -0.2) is 0 Å². The van der Waals surface area contributed by atoms with Crippen molar-refractivity contribution in [3.05, 3.63) is 29.5 Å². The molecule has 20 heavy (non-hydrogen) atoms. The van der Waals surface area contributed by atoms with E-state index in [1.807, 2.05) is 32.0 Å². The zero-order valence-electron chi connectivity index (χ0n) is 11.8. The lowest BCUT2D eigenvalue weighted by Crippen LogP contribution is -2.36. The average molecular weight is 273 g/mol. The SMILES string of the molecule is CCOc1ccc2[nH]c3c(c2c1)CCCC3(C)C(=O)O. The van der Waals surface area contributed by atoms with Crippen LogP contribution in [-0.2, 0) is 16.6 Å². The van der Waals surface area contributed by atoms with Gasteiger partial charge in [-0.05, 0) is 56.9 Å². The third kappa shape index (κ3) is 1.79. The summed E-state index contributed by atoms with van der Waals surface area (Å²) in [5.41, 5.74) is 2.18. The number of H-pyrrole nitrogens is 1. The van der Waals surface area contributed by atoms with Gasteiger partial charge in [-0.3, -0.25) is 4.79 Å². The maximum Gasteiger partial charge on any atom is 0.315 e. The Labute approximate surface area is 117 Å². The smallest absolute Gasteiger partial charge is 0.315 e. The molecule has 0 radical (unpaired) electrons. The van der Waals surface area contributed by atoms with Gasteiger partial charge in [0.15, 0.2) is 0 Å². The average Bonchev–Trinajstić information content (AvgIpc) is 2.79. The van der Waals surface area contributed by atoms with Crippen LogP contribution in [0.3, 0.4) is 0 Å². The third-order valence-corrected chi connectivity index (χ3v) is 4.32. The van der Waals surface area contributed by atoms with Crippen LogP contribution in [0.2, 0.25) is 0 Å². The first-order valence-electron chi connectivity index (χ1n) is 7.07. The molecule has 0 aliphatic heterocycles. The minimum absolute atomic E-state index is 0.630. The molecule has 0 spiro atoms. The molecule has 4 heteroatoms. The minimum Gasteiger partial charge on any atom is -0.494 e. The van der Waals surface area contributed by atoms with E-state index in [0.29, 0.717) is 13.0 Å². The van der Waals surface area contributed by atoms with E-state index in [2.05, 4.69) is 4.98 Å². The van der Waals surface area contributed by atoms with Crippen molar-refractivity contribution in [3.63, 3.8) is 0 Å². The second-order valence-corrected chi connectivity index (χ2v) is 5.61. The highest BCUT2D eigenvalue weighted by molar-refractivity contribution is 5.90. The standard InChI is InChI=1S/C16H19NO3/c1-3-20-10-6-7-13-12(9-10)11-5-4-8-16(2,15(18)19)14(11)17-13/h6-7,9,17H,3-5,8H2,1-2H3,(H,18,19). The number of carboxylic acid groups (broad SMARTS) is 1. The van der Waals surface area contributed by atoms with Gasteiger partial charge in [0, 0.05) is 16.6 Å². The highest BCUT2D eigenvalue weighted by atomic mass is 16.5. The van der Waals surface area contributed by atoms with Crippen LogP contribution in [0.1, 0.15) is 37.9 Å². The Hall–Kier alpha value is -1.97. The number of carboxylic acids is 1. The summed E-state index contributed by atoms with van der Waals surface area (Å²) in [5, 5.41) is 10.7. The number of hydrogen-bond acceptors (Lipinski definition) is 2. The van der Waals surface area contributed by atoms with Crippen molar-refractivity contribution in [2.24, 2.45) is 0 Å². The lowest BCUT2D eigenvalue weighted by molar-refractivity contribution is -0.143. The number of nitrogens with one attached hydrogen (secondary N) is 1. The molecule has 0 amide bonds. The second-order valence-electron chi connectivity index (χ2n) is 5.61. The van der Waals surface area contributed by atoms with E-state index in [1.54, 1.807) is 0 Å². The fourth-order valence-corrected chi connectivity index (χ4v) is 3.17. The van der Waals surface area contributed by atoms with Crippen LogP contribution in [0.15, 0.2) is 18.2 Å². The summed E-state index contributed by atoms with van der Waals surface area (Å²) in [5.74, 6) is 0.0828. The molecule has 1 atom stereocenters. The van der Waals surface area contributed by atoms with E-state index >= 15 is 0 Å². The Bertz CT molecular complexity index is 674. The zero-order valence-corrected chi connectivity index (χ0v) is 11.8. The minimum atomic E-state index is -0.807. The lowest BCUT2D eigenvalue weighted by Gasteiger charge is -2.29. The maximum absolute atomic E-state index is 11.6. The number of hydrogen-bond donors (Lipinski definition) is 2. The van der Waals surface area contributed by atoms with Gasteiger partial charge in [0.25, 0.3) is 0 Å². The first-order chi connectivity index (χ1) is 9.56. The Balaban J connectivity index is 2.20. The molecule has 1 aliphatic carbocycles. The van der Waals surface area contributed by atoms with Crippen LogP contribution in [0.5, 0.6) is 5.75 Å². The van der Waals surface area contributed by atoms with Crippen LogP contribution in [0.25, 0.3) is 10.9 Å². The topological polar surface area (TPSA) is 62.3 Å². The molecule has 0 saturated carbocycles. The van der Waals surface area contributed by atoms with E-state index in [0.717, 1.165) is 40.8 Å². The predicted molar refractivity (Wildman–Crippen MR) is 77.4 cm³/mol. The summed E-state index contributed by atoms with van der Waals surface area (Å²) in [6.07, 6.45) is 2.51. The molecule has 1 unspecified atom stereocenters. The molecule has 1 heterocycles. The van der Waals surface area contributed by atoms with Crippen LogP contribution in [-0.4, -0.2) is 22.7 Å². The Morgan fingerprint density at radius 1 is 1.50 bits per heavy atom. The van der Waals surface area contributed by atoms with Crippen molar-refractivity contribution in [2.45, 2.75) is 38.5 Å². The molecule has 0 saturated heterocycles.